The number of hydrogen-bond donors (Lipinski definition) is 2. The minimum Gasteiger partial charge on any atom is -0.474 e. The Morgan fingerprint density at radius 1 is 1.28 bits per heavy atom. The van der Waals surface area contributed by atoms with Gasteiger partial charge in [-0.1, -0.05) is 6.42 Å². The Bertz CT molecular complexity index is 518. The number of aliphatic imine (C=N–C) groups is 1. The summed E-state index contributed by atoms with van der Waals surface area (Å²) in [5, 5.41) is 6.72. The van der Waals surface area contributed by atoms with Crippen molar-refractivity contribution in [2.75, 3.05) is 25.6 Å². The minimum absolute atomic E-state index is 0.333. The van der Waals surface area contributed by atoms with E-state index in [1.807, 2.05) is 30.1 Å². The number of unbranched alkanes of at least 4 members (excludes halogenated alkanes) is 1. The third-order valence-corrected chi connectivity index (χ3v) is 5.09. The summed E-state index contributed by atoms with van der Waals surface area (Å²) in [6, 6.07) is 4.06. The van der Waals surface area contributed by atoms with Crippen molar-refractivity contribution in [3.8, 4) is 5.88 Å². The molecule has 6 heteroatoms. The maximum atomic E-state index is 6.04. The maximum absolute atomic E-state index is 6.04. The second-order valence-corrected chi connectivity index (χ2v) is 7.42. The van der Waals surface area contributed by atoms with Crippen molar-refractivity contribution >= 4 is 17.7 Å². The highest BCUT2D eigenvalue weighted by molar-refractivity contribution is 7.98. The molecule has 0 spiro atoms. The van der Waals surface area contributed by atoms with Crippen molar-refractivity contribution in [1.82, 2.24) is 15.6 Å². The van der Waals surface area contributed by atoms with Gasteiger partial charge in [-0.15, -0.1) is 0 Å². The average molecular weight is 365 g/mol. The summed E-state index contributed by atoms with van der Waals surface area (Å²) in [4.78, 5) is 8.64. The van der Waals surface area contributed by atoms with Gasteiger partial charge in [0, 0.05) is 32.4 Å². The molecule has 1 aromatic rings. The Kier molecular flexibility index (Phi) is 9.55. The zero-order valence-electron chi connectivity index (χ0n) is 15.6. The van der Waals surface area contributed by atoms with E-state index in [0.29, 0.717) is 12.6 Å². The molecular formula is C19H32N4OS. The van der Waals surface area contributed by atoms with E-state index >= 15 is 0 Å². The number of nitrogens with one attached hydrogen (secondary N) is 2. The van der Waals surface area contributed by atoms with E-state index in [2.05, 4.69) is 26.9 Å². The Morgan fingerprint density at radius 3 is 2.88 bits per heavy atom. The fourth-order valence-corrected chi connectivity index (χ4v) is 3.46. The predicted octanol–water partition coefficient (Wildman–Crippen LogP) is 3.60. The highest BCUT2D eigenvalue weighted by atomic mass is 32.2. The molecule has 0 saturated heterocycles. The van der Waals surface area contributed by atoms with Crippen molar-refractivity contribution < 1.29 is 4.74 Å². The van der Waals surface area contributed by atoms with Gasteiger partial charge in [0.15, 0.2) is 5.96 Å². The van der Waals surface area contributed by atoms with Gasteiger partial charge in [0.25, 0.3) is 0 Å². The minimum atomic E-state index is 0.333. The molecule has 0 aliphatic heterocycles. The van der Waals surface area contributed by atoms with Gasteiger partial charge in [0.2, 0.25) is 5.88 Å². The van der Waals surface area contributed by atoms with Crippen LogP contribution in [0.2, 0.25) is 0 Å². The Hall–Kier alpha value is -1.43. The van der Waals surface area contributed by atoms with Gasteiger partial charge in [-0.25, -0.2) is 4.98 Å². The number of aromatic nitrogens is 1. The van der Waals surface area contributed by atoms with Gasteiger partial charge in [0.1, 0.15) is 6.10 Å². The molecule has 1 aliphatic rings. The lowest BCUT2D eigenvalue weighted by molar-refractivity contribution is 0.148. The molecule has 1 aliphatic carbocycles. The third kappa shape index (κ3) is 7.99. The van der Waals surface area contributed by atoms with Crippen LogP contribution in [0, 0.1) is 0 Å². The summed E-state index contributed by atoms with van der Waals surface area (Å²) in [5.41, 5.74) is 1.16. The Morgan fingerprint density at radius 2 is 2.12 bits per heavy atom. The van der Waals surface area contributed by atoms with Crippen molar-refractivity contribution in [2.45, 2.75) is 57.6 Å². The van der Waals surface area contributed by atoms with Crippen LogP contribution >= 0.6 is 11.8 Å². The largest absolute Gasteiger partial charge is 0.474 e. The van der Waals surface area contributed by atoms with Crippen LogP contribution in [0.1, 0.15) is 50.5 Å². The molecule has 0 aromatic carbocycles. The van der Waals surface area contributed by atoms with E-state index in [-0.39, 0.29) is 0 Å². The second-order valence-electron chi connectivity index (χ2n) is 6.43. The molecule has 1 saturated carbocycles. The lowest BCUT2D eigenvalue weighted by Crippen LogP contribution is -2.37. The molecule has 0 radical (unpaired) electrons. The van der Waals surface area contributed by atoms with Crippen LogP contribution in [0.4, 0.5) is 0 Å². The number of rotatable bonds is 9. The highest BCUT2D eigenvalue weighted by Gasteiger charge is 2.15. The molecule has 1 heterocycles. The maximum Gasteiger partial charge on any atom is 0.213 e. The molecular weight excluding hydrogens is 332 g/mol. The van der Waals surface area contributed by atoms with Crippen molar-refractivity contribution in [2.24, 2.45) is 4.99 Å². The normalized spacial score (nSPS) is 15.8. The van der Waals surface area contributed by atoms with E-state index in [1.165, 1.54) is 31.4 Å². The van der Waals surface area contributed by atoms with Crippen LogP contribution in [-0.4, -0.2) is 42.6 Å². The third-order valence-electron chi connectivity index (χ3n) is 4.39. The lowest BCUT2D eigenvalue weighted by Gasteiger charge is -2.22. The topological polar surface area (TPSA) is 58.5 Å². The summed E-state index contributed by atoms with van der Waals surface area (Å²) < 4.78 is 6.04. The van der Waals surface area contributed by atoms with E-state index in [9.17, 15) is 0 Å². The first-order valence-corrected chi connectivity index (χ1v) is 10.8. The van der Waals surface area contributed by atoms with Gasteiger partial charge in [0.05, 0.1) is 0 Å². The summed E-state index contributed by atoms with van der Waals surface area (Å²) in [5.74, 6) is 2.80. The van der Waals surface area contributed by atoms with Crippen LogP contribution in [0.15, 0.2) is 23.3 Å². The lowest BCUT2D eigenvalue weighted by atomic mass is 9.98. The van der Waals surface area contributed by atoms with Gasteiger partial charge < -0.3 is 15.4 Å². The molecule has 0 amide bonds. The molecule has 2 N–H and O–H groups in total. The van der Waals surface area contributed by atoms with E-state index < -0.39 is 0 Å². The number of ether oxygens (including phenoxy) is 1. The first-order chi connectivity index (χ1) is 12.3. The molecule has 0 bridgehead atoms. The number of nitrogens with zero attached hydrogens (tertiary/aromatic N) is 2. The smallest absolute Gasteiger partial charge is 0.213 e. The van der Waals surface area contributed by atoms with Crippen LogP contribution in [0.3, 0.4) is 0 Å². The molecule has 0 unspecified atom stereocenters. The predicted molar refractivity (Wildman–Crippen MR) is 108 cm³/mol. The van der Waals surface area contributed by atoms with Crippen LogP contribution in [0.5, 0.6) is 5.88 Å². The van der Waals surface area contributed by atoms with Crippen molar-refractivity contribution in [1.29, 1.82) is 0 Å². The zero-order valence-corrected chi connectivity index (χ0v) is 16.4. The second kappa shape index (κ2) is 12.0. The van der Waals surface area contributed by atoms with Crippen LogP contribution < -0.4 is 15.4 Å². The average Bonchev–Trinajstić information content (AvgIpc) is 2.65. The quantitative estimate of drug-likeness (QED) is 0.398. The first-order valence-electron chi connectivity index (χ1n) is 9.37. The summed E-state index contributed by atoms with van der Waals surface area (Å²) >= 11 is 1.90. The molecule has 5 nitrogen and oxygen atoms in total. The number of hydrogen-bond acceptors (Lipinski definition) is 4. The Labute approximate surface area is 156 Å². The van der Waals surface area contributed by atoms with Gasteiger partial charge in [-0.2, -0.15) is 11.8 Å². The van der Waals surface area contributed by atoms with Crippen molar-refractivity contribution in [3.05, 3.63) is 23.9 Å². The molecule has 1 aromatic heterocycles. The van der Waals surface area contributed by atoms with E-state index in [0.717, 1.165) is 43.2 Å². The molecule has 2 rings (SSSR count). The Balaban J connectivity index is 1.74. The van der Waals surface area contributed by atoms with Gasteiger partial charge in [-0.05, 0) is 62.2 Å². The number of thioether (sulfide) groups is 1. The zero-order chi connectivity index (χ0) is 17.7. The van der Waals surface area contributed by atoms with E-state index in [1.54, 1.807) is 7.05 Å². The monoisotopic (exact) mass is 364 g/mol. The SMILES string of the molecule is CN=C(NCCCCSC)NCc1ccnc(OC2CCCCC2)c1. The number of guanidine groups is 1. The highest BCUT2D eigenvalue weighted by Crippen LogP contribution is 2.22. The fourth-order valence-electron chi connectivity index (χ4n) is 2.96. The standard InChI is InChI=1S/C19H32N4OS/c1-20-19(22-11-6-7-13-25-2)23-15-16-10-12-21-18(14-16)24-17-8-4-3-5-9-17/h10,12,14,17H,3-9,11,13,15H2,1-2H3,(H2,20,22,23). The molecule has 25 heavy (non-hydrogen) atoms. The molecule has 1 fully saturated rings. The first kappa shape index (κ1) is 19.9. The van der Waals surface area contributed by atoms with Gasteiger partial charge in [-0.3, -0.25) is 4.99 Å². The van der Waals surface area contributed by atoms with Crippen molar-refractivity contribution in [3.63, 3.8) is 0 Å². The summed E-state index contributed by atoms with van der Waals surface area (Å²) in [6.45, 7) is 1.67. The summed E-state index contributed by atoms with van der Waals surface area (Å²) in [7, 11) is 1.81. The molecule has 140 valence electrons. The van der Waals surface area contributed by atoms with Crippen LogP contribution in [0.25, 0.3) is 0 Å². The summed E-state index contributed by atoms with van der Waals surface area (Å²) in [6.07, 6.45) is 12.9. The van der Waals surface area contributed by atoms with Crippen LogP contribution in [-0.2, 0) is 6.54 Å². The molecule has 0 atom stereocenters. The van der Waals surface area contributed by atoms with Gasteiger partial charge >= 0.3 is 0 Å². The van der Waals surface area contributed by atoms with E-state index in [4.69, 9.17) is 4.74 Å². The number of pyridine rings is 1. The fraction of sp³-hybridized carbons (Fsp3) is 0.684.